The van der Waals surface area contributed by atoms with Gasteiger partial charge in [0.25, 0.3) is 0 Å². The lowest BCUT2D eigenvalue weighted by Gasteiger charge is -2.08. The van der Waals surface area contributed by atoms with Gasteiger partial charge < -0.3 is 14.2 Å². The van der Waals surface area contributed by atoms with Crippen molar-refractivity contribution in [1.29, 1.82) is 0 Å². The number of methoxy groups -OCH3 is 3. The van der Waals surface area contributed by atoms with Crippen LogP contribution < -0.4 is 14.2 Å². The molecule has 3 aromatic rings. The number of nitrogens with zero attached hydrogens (tertiary/aromatic N) is 2. The van der Waals surface area contributed by atoms with Crippen molar-refractivity contribution in [3.05, 3.63) is 60.3 Å². The number of aromatic nitrogens is 2. The van der Waals surface area contributed by atoms with Crippen molar-refractivity contribution < 1.29 is 19.0 Å². The van der Waals surface area contributed by atoms with Crippen LogP contribution in [0.1, 0.15) is 10.4 Å². The quantitative estimate of drug-likeness (QED) is 0.469. The predicted octanol–water partition coefficient (Wildman–Crippen LogP) is 4.10. The van der Waals surface area contributed by atoms with E-state index >= 15 is 0 Å². The Labute approximate surface area is 161 Å². The molecule has 0 aliphatic carbocycles. The molecule has 1 aromatic heterocycles. The van der Waals surface area contributed by atoms with Gasteiger partial charge in [-0.25, -0.2) is 9.97 Å². The molecule has 27 heavy (non-hydrogen) atoms. The minimum atomic E-state index is -0.195. The first-order valence-electron chi connectivity index (χ1n) is 8.05. The highest BCUT2D eigenvalue weighted by Crippen LogP contribution is 2.28. The number of carbonyl (C=O) groups excluding carboxylic acids is 1. The minimum absolute atomic E-state index is 0.195. The summed E-state index contributed by atoms with van der Waals surface area (Å²) in [5, 5.41) is 0.175. The molecular weight excluding hydrogens is 364 g/mol. The SMILES string of the molecule is COc1ccc(-c2ccnc(SC(=O)c3cc(OC)cc(OC)c3)n2)cc1. The molecular formula is C20H18N2O4S. The summed E-state index contributed by atoms with van der Waals surface area (Å²) in [6.45, 7) is 0. The van der Waals surface area contributed by atoms with Gasteiger partial charge in [-0.1, -0.05) is 0 Å². The maximum Gasteiger partial charge on any atom is 0.227 e. The van der Waals surface area contributed by atoms with Crippen molar-refractivity contribution >= 4 is 16.9 Å². The van der Waals surface area contributed by atoms with E-state index in [2.05, 4.69) is 9.97 Å². The first-order valence-corrected chi connectivity index (χ1v) is 8.87. The lowest BCUT2D eigenvalue weighted by Crippen LogP contribution is -1.99. The molecule has 0 fully saturated rings. The van der Waals surface area contributed by atoms with Gasteiger partial charge in [0.2, 0.25) is 5.12 Å². The highest BCUT2D eigenvalue weighted by Gasteiger charge is 2.14. The van der Waals surface area contributed by atoms with Crippen LogP contribution in [0, 0.1) is 0 Å². The number of thioether (sulfide) groups is 1. The van der Waals surface area contributed by atoms with E-state index in [-0.39, 0.29) is 5.12 Å². The summed E-state index contributed by atoms with van der Waals surface area (Å²) in [5.41, 5.74) is 2.09. The maximum absolute atomic E-state index is 12.6. The molecule has 3 rings (SSSR count). The molecule has 0 aliphatic rings. The maximum atomic E-state index is 12.6. The van der Waals surface area contributed by atoms with Crippen molar-refractivity contribution in [3.63, 3.8) is 0 Å². The predicted molar refractivity (Wildman–Crippen MR) is 104 cm³/mol. The fourth-order valence-electron chi connectivity index (χ4n) is 2.38. The van der Waals surface area contributed by atoms with Crippen molar-refractivity contribution in [2.24, 2.45) is 0 Å². The molecule has 0 amide bonds. The molecule has 0 atom stereocenters. The summed E-state index contributed by atoms with van der Waals surface area (Å²) < 4.78 is 15.6. The Morgan fingerprint density at radius 1 is 0.852 bits per heavy atom. The Hall–Kier alpha value is -3.06. The average Bonchev–Trinajstić information content (AvgIpc) is 2.73. The number of rotatable bonds is 6. The van der Waals surface area contributed by atoms with E-state index in [1.165, 1.54) is 14.2 Å². The van der Waals surface area contributed by atoms with Crippen LogP contribution in [0.5, 0.6) is 17.2 Å². The third kappa shape index (κ3) is 4.57. The van der Waals surface area contributed by atoms with Crippen LogP contribution in [0.25, 0.3) is 11.3 Å². The molecule has 2 aromatic carbocycles. The lowest BCUT2D eigenvalue weighted by molar-refractivity contribution is 0.108. The molecule has 0 saturated heterocycles. The van der Waals surface area contributed by atoms with Crippen LogP contribution in [0.4, 0.5) is 0 Å². The first-order chi connectivity index (χ1) is 13.1. The van der Waals surface area contributed by atoms with Crippen LogP contribution in [0.2, 0.25) is 0 Å². The van der Waals surface area contributed by atoms with Crippen LogP contribution in [0.15, 0.2) is 59.9 Å². The fourth-order valence-corrected chi connectivity index (χ4v) is 3.04. The van der Waals surface area contributed by atoms with E-state index < -0.39 is 0 Å². The summed E-state index contributed by atoms with van der Waals surface area (Å²) in [4.78, 5) is 21.3. The zero-order valence-corrected chi connectivity index (χ0v) is 15.9. The number of benzene rings is 2. The van der Waals surface area contributed by atoms with Crippen molar-refractivity contribution in [3.8, 4) is 28.5 Å². The van der Waals surface area contributed by atoms with Gasteiger partial charge in [0.15, 0.2) is 5.16 Å². The summed E-state index contributed by atoms with van der Waals surface area (Å²) >= 11 is 0.955. The van der Waals surface area contributed by atoms with Crippen LogP contribution >= 0.6 is 11.8 Å². The van der Waals surface area contributed by atoms with Gasteiger partial charge in [0.1, 0.15) is 17.2 Å². The van der Waals surface area contributed by atoms with E-state index in [9.17, 15) is 4.79 Å². The number of carbonyl (C=O) groups is 1. The second-order valence-electron chi connectivity index (χ2n) is 5.44. The molecule has 1 heterocycles. The smallest absolute Gasteiger partial charge is 0.227 e. The third-order valence-corrected chi connectivity index (χ3v) is 4.59. The van der Waals surface area contributed by atoms with E-state index in [0.717, 1.165) is 28.8 Å². The van der Waals surface area contributed by atoms with E-state index in [4.69, 9.17) is 14.2 Å². The Morgan fingerprint density at radius 3 is 2.07 bits per heavy atom. The van der Waals surface area contributed by atoms with Gasteiger partial charge in [0, 0.05) is 23.4 Å². The van der Waals surface area contributed by atoms with Gasteiger partial charge >= 0.3 is 0 Å². The number of hydrogen-bond acceptors (Lipinski definition) is 7. The van der Waals surface area contributed by atoms with E-state index in [1.807, 2.05) is 24.3 Å². The Kier molecular flexibility index (Phi) is 5.93. The Morgan fingerprint density at radius 2 is 1.48 bits per heavy atom. The molecule has 0 spiro atoms. The molecule has 0 saturated carbocycles. The van der Waals surface area contributed by atoms with Crippen molar-refractivity contribution in [1.82, 2.24) is 9.97 Å². The van der Waals surface area contributed by atoms with Gasteiger partial charge in [-0.2, -0.15) is 0 Å². The topological polar surface area (TPSA) is 70.5 Å². The summed E-state index contributed by atoms with van der Waals surface area (Å²) in [5.74, 6) is 1.86. The summed E-state index contributed by atoms with van der Waals surface area (Å²) in [6.07, 6.45) is 1.63. The average molecular weight is 382 g/mol. The van der Waals surface area contributed by atoms with E-state index in [0.29, 0.717) is 22.2 Å². The summed E-state index contributed by atoms with van der Waals surface area (Å²) in [6, 6.07) is 14.4. The van der Waals surface area contributed by atoms with Crippen LogP contribution in [-0.4, -0.2) is 36.4 Å². The highest BCUT2D eigenvalue weighted by molar-refractivity contribution is 8.14. The largest absolute Gasteiger partial charge is 0.497 e. The van der Waals surface area contributed by atoms with Crippen LogP contribution in [0.3, 0.4) is 0 Å². The van der Waals surface area contributed by atoms with Crippen LogP contribution in [-0.2, 0) is 0 Å². The zero-order chi connectivity index (χ0) is 19.2. The zero-order valence-electron chi connectivity index (χ0n) is 15.1. The van der Waals surface area contributed by atoms with Gasteiger partial charge in [-0.15, -0.1) is 0 Å². The van der Waals surface area contributed by atoms with Gasteiger partial charge in [-0.3, -0.25) is 4.79 Å². The molecule has 7 heteroatoms. The molecule has 0 bridgehead atoms. The van der Waals surface area contributed by atoms with Gasteiger partial charge in [0.05, 0.1) is 27.0 Å². The summed E-state index contributed by atoms with van der Waals surface area (Å²) in [7, 11) is 4.70. The molecule has 6 nitrogen and oxygen atoms in total. The molecule has 0 aliphatic heterocycles. The molecule has 0 unspecified atom stereocenters. The number of hydrogen-bond donors (Lipinski definition) is 0. The Bertz CT molecular complexity index is 923. The van der Waals surface area contributed by atoms with Gasteiger partial charge in [-0.05, 0) is 54.2 Å². The standard InChI is InChI=1S/C20H18N2O4S/c1-24-15-6-4-13(5-7-15)18-8-9-21-20(22-18)27-19(23)14-10-16(25-2)12-17(11-14)26-3/h4-12H,1-3H3. The molecule has 0 N–H and O–H groups in total. The lowest BCUT2D eigenvalue weighted by atomic mass is 10.1. The molecule has 0 radical (unpaired) electrons. The Balaban J connectivity index is 1.82. The fraction of sp³-hybridized carbons (Fsp3) is 0.150. The molecule has 138 valence electrons. The normalized spacial score (nSPS) is 10.3. The number of ether oxygens (including phenoxy) is 3. The highest BCUT2D eigenvalue weighted by atomic mass is 32.2. The van der Waals surface area contributed by atoms with Crippen molar-refractivity contribution in [2.75, 3.05) is 21.3 Å². The minimum Gasteiger partial charge on any atom is -0.497 e. The monoisotopic (exact) mass is 382 g/mol. The van der Waals surface area contributed by atoms with Crippen molar-refractivity contribution in [2.45, 2.75) is 5.16 Å². The first kappa shape index (κ1) is 18.7. The second-order valence-corrected chi connectivity index (χ2v) is 6.38. The third-order valence-electron chi connectivity index (χ3n) is 3.79. The van der Waals surface area contributed by atoms with E-state index in [1.54, 1.807) is 37.6 Å². The second kappa shape index (κ2) is 8.55.